The summed E-state index contributed by atoms with van der Waals surface area (Å²) in [5.41, 5.74) is 1.39. The van der Waals surface area contributed by atoms with Crippen LogP contribution in [-0.4, -0.2) is 38.7 Å². The molecule has 0 atom stereocenters. The van der Waals surface area contributed by atoms with Crippen LogP contribution in [0.25, 0.3) is 12.2 Å². The van der Waals surface area contributed by atoms with Gasteiger partial charge in [0, 0.05) is 24.0 Å². The molecule has 0 radical (unpaired) electrons. The maximum Gasteiger partial charge on any atom is 0.311 e. The molecule has 2 aromatic carbocycles. The standard InChI is InChI=1S/C30H34O8/c1-5-7-9-29(33)37-25-13-11-21(17-27(25)35-3)15-23(19-31)24(20-32)16-22-12-14-26(28(18-22)36-4)38-30(34)10-8-6-2/h11-20H,5-10H2,1-4H3. The predicted molar refractivity (Wildman–Crippen MR) is 144 cm³/mol. The summed E-state index contributed by atoms with van der Waals surface area (Å²) in [4.78, 5) is 47.8. The Labute approximate surface area is 223 Å². The molecule has 0 unspecified atom stereocenters. The Kier molecular flexibility index (Phi) is 12.5. The minimum atomic E-state index is -0.356. The molecule has 2 rings (SSSR count). The molecule has 0 saturated carbocycles. The van der Waals surface area contributed by atoms with Gasteiger partial charge in [0.05, 0.1) is 14.2 Å². The van der Waals surface area contributed by atoms with E-state index in [4.69, 9.17) is 18.9 Å². The zero-order chi connectivity index (χ0) is 27.9. The molecular weight excluding hydrogens is 488 g/mol. The van der Waals surface area contributed by atoms with Gasteiger partial charge in [-0.05, 0) is 60.4 Å². The summed E-state index contributed by atoms with van der Waals surface area (Å²) < 4.78 is 21.5. The number of aldehydes is 2. The smallest absolute Gasteiger partial charge is 0.311 e. The second-order valence-corrected chi connectivity index (χ2v) is 8.41. The van der Waals surface area contributed by atoms with Gasteiger partial charge in [0.25, 0.3) is 0 Å². The van der Waals surface area contributed by atoms with Gasteiger partial charge >= 0.3 is 11.9 Å². The SMILES string of the molecule is CCCCC(=O)Oc1ccc(C=C(C=O)C(C=O)=Cc2ccc(OC(=O)CCCC)c(OC)c2)cc1OC. The summed E-state index contributed by atoms with van der Waals surface area (Å²) in [6.07, 6.45) is 8.02. The average molecular weight is 523 g/mol. The van der Waals surface area contributed by atoms with Crippen LogP contribution in [0.15, 0.2) is 47.5 Å². The summed E-state index contributed by atoms with van der Waals surface area (Å²) in [5.74, 6) is 0.466. The van der Waals surface area contributed by atoms with Crippen molar-refractivity contribution in [3.63, 3.8) is 0 Å². The summed E-state index contributed by atoms with van der Waals surface area (Å²) in [7, 11) is 2.89. The third-order valence-corrected chi connectivity index (χ3v) is 5.52. The Morgan fingerprint density at radius 3 is 1.37 bits per heavy atom. The fourth-order valence-corrected chi connectivity index (χ4v) is 3.44. The van der Waals surface area contributed by atoms with Crippen LogP contribution < -0.4 is 18.9 Å². The molecule has 0 spiro atoms. The largest absolute Gasteiger partial charge is 0.493 e. The van der Waals surface area contributed by atoms with Gasteiger partial charge in [-0.3, -0.25) is 19.2 Å². The second-order valence-electron chi connectivity index (χ2n) is 8.41. The highest BCUT2D eigenvalue weighted by Gasteiger charge is 2.13. The van der Waals surface area contributed by atoms with Crippen molar-refractivity contribution in [2.45, 2.75) is 52.4 Å². The molecule has 0 aliphatic rings. The lowest BCUT2D eigenvalue weighted by Gasteiger charge is -2.11. The van der Waals surface area contributed by atoms with Crippen molar-refractivity contribution in [3.8, 4) is 23.0 Å². The normalized spacial score (nSPS) is 11.5. The fourth-order valence-electron chi connectivity index (χ4n) is 3.44. The molecule has 0 amide bonds. The van der Waals surface area contributed by atoms with E-state index in [1.165, 1.54) is 26.4 Å². The molecule has 38 heavy (non-hydrogen) atoms. The van der Waals surface area contributed by atoms with Gasteiger partial charge in [-0.15, -0.1) is 0 Å². The van der Waals surface area contributed by atoms with Gasteiger partial charge in [0.1, 0.15) is 0 Å². The minimum Gasteiger partial charge on any atom is -0.493 e. The summed E-state index contributed by atoms with van der Waals surface area (Å²) in [6.45, 7) is 3.97. The van der Waals surface area contributed by atoms with Crippen LogP contribution in [0.2, 0.25) is 0 Å². The molecule has 8 heteroatoms. The number of ether oxygens (including phenoxy) is 4. The van der Waals surface area contributed by atoms with Gasteiger partial charge in [-0.1, -0.05) is 38.8 Å². The zero-order valence-electron chi connectivity index (χ0n) is 22.3. The van der Waals surface area contributed by atoms with Crippen LogP contribution in [0, 0.1) is 0 Å². The molecule has 0 aromatic heterocycles. The Hall–Kier alpha value is -4.20. The van der Waals surface area contributed by atoms with E-state index in [0.29, 0.717) is 48.0 Å². The highest BCUT2D eigenvalue weighted by Crippen LogP contribution is 2.31. The maximum atomic E-state index is 12.0. The van der Waals surface area contributed by atoms with E-state index in [2.05, 4.69) is 0 Å². The molecule has 8 nitrogen and oxygen atoms in total. The zero-order valence-corrected chi connectivity index (χ0v) is 22.3. The molecule has 0 N–H and O–H groups in total. The highest BCUT2D eigenvalue weighted by molar-refractivity contribution is 6.02. The van der Waals surface area contributed by atoms with E-state index in [-0.39, 0.29) is 34.6 Å². The molecule has 0 heterocycles. The Bertz CT molecular complexity index is 1100. The number of rotatable bonds is 15. The molecule has 0 aliphatic heterocycles. The molecule has 0 bridgehead atoms. The lowest BCUT2D eigenvalue weighted by Crippen LogP contribution is -2.08. The monoisotopic (exact) mass is 522 g/mol. The molecule has 0 fully saturated rings. The number of benzene rings is 2. The topological polar surface area (TPSA) is 105 Å². The fraction of sp³-hybridized carbons (Fsp3) is 0.333. The van der Waals surface area contributed by atoms with Crippen LogP contribution in [0.5, 0.6) is 23.0 Å². The third-order valence-electron chi connectivity index (χ3n) is 5.52. The number of esters is 2. The molecule has 0 saturated heterocycles. The summed E-state index contributed by atoms with van der Waals surface area (Å²) in [6, 6.07) is 9.68. The number of hydrogen-bond acceptors (Lipinski definition) is 8. The molecule has 2 aromatic rings. The van der Waals surface area contributed by atoms with E-state index in [9.17, 15) is 19.2 Å². The first kappa shape index (κ1) is 30.0. The molecule has 0 aliphatic carbocycles. The van der Waals surface area contributed by atoms with Crippen molar-refractivity contribution in [1.82, 2.24) is 0 Å². The first-order chi connectivity index (χ1) is 18.4. The maximum absolute atomic E-state index is 12.0. The number of allylic oxidation sites excluding steroid dienone is 2. The third kappa shape index (κ3) is 9.03. The quantitative estimate of drug-likeness (QED) is 0.0956. The van der Waals surface area contributed by atoms with Gasteiger partial charge in [0.2, 0.25) is 0 Å². The van der Waals surface area contributed by atoms with Gasteiger partial charge in [0.15, 0.2) is 35.6 Å². The number of carbonyl (C=O) groups excluding carboxylic acids is 4. The van der Waals surface area contributed by atoms with Crippen LogP contribution >= 0.6 is 0 Å². The first-order valence-corrected chi connectivity index (χ1v) is 12.5. The Morgan fingerprint density at radius 1 is 0.658 bits per heavy atom. The first-order valence-electron chi connectivity index (χ1n) is 12.5. The Morgan fingerprint density at radius 2 is 1.05 bits per heavy atom. The van der Waals surface area contributed by atoms with Crippen LogP contribution in [0.1, 0.15) is 63.5 Å². The highest BCUT2D eigenvalue weighted by atomic mass is 16.6. The number of hydrogen-bond donors (Lipinski definition) is 0. The second kappa shape index (κ2) is 15.8. The van der Waals surface area contributed by atoms with E-state index in [1.807, 2.05) is 13.8 Å². The van der Waals surface area contributed by atoms with E-state index >= 15 is 0 Å². The van der Waals surface area contributed by atoms with Crippen molar-refractivity contribution in [1.29, 1.82) is 0 Å². The summed E-state index contributed by atoms with van der Waals surface area (Å²) in [5, 5.41) is 0. The van der Waals surface area contributed by atoms with Gasteiger partial charge in [-0.2, -0.15) is 0 Å². The summed E-state index contributed by atoms with van der Waals surface area (Å²) >= 11 is 0. The van der Waals surface area contributed by atoms with Crippen molar-refractivity contribution in [2.75, 3.05) is 14.2 Å². The van der Waals surface area contributed by atoms with Gasteiger partial charge in [-0.25, -0.2) is 0 Å². The van der Waals surface area contributed by atoms with Crippen LogP contribution in [0.3, 0.4) is 0 Å². The van der Waals surface area contributed by atoms with Crippen molar-refractivity contribution >= 4 is 36.7 Å². The van der Waals surface area contributed by atoms with Crippen molar-refractivity contribution in [2.24, 2.45) is 0 Å². The lowest BCUT2D eigenvalue weighted by molar-refractivity contribution is -0.135. The van der Waals surface area contributed by atoms with E-state index in [0.717, 1.165) is 25.7 Å². The molecule has 202 valence electrons. The number of unbranched alkanes of at least 4 members (excludes halogenated alkanes) is 2. The van der Waals surface area contributed by atoms with Gasteiger partial charge < -0.3 is 18.9 Å². The van der Waals surface area contributed by atoms with Crippen molar-refractivity contribution in [3.05, 3.63) is 58.7 Å². The lowest BCUT2D eigenvalue weighted by atomic mass is 10.0. The minimum absolute atomic E-state index is 0.129. The van der Waals surface area contributed by atoms with Crippen LogP contribution in [0.4, 0.5) is 0 Å². The van der Waals surface area contributed by atoms with Crippen molar-refractivity contribution < 1.29 is 38.1 Å². The van der Waals surface area contributed by atoms with E-state index < -0.39 is 0 Å². The average Bonchev–Trinajstić information content (AvgIpc) is 2.93. The predicted octanol–water partition coefficient (Wildman–Crippen LogP) is 5.76. The van der Waals surface area contributed by atoms with E-state index in [1.54, 1.807) is 36.4 Å². The molecular formula is C30H34O8. The number of carbonyl (C=O) groups is 4. The van der Waals surface area contributed by atoms with Crippen LogP contribution in [-0.2, 0) is 19.2 Å². The number of methoxy groups -OCH3 is 2. The Balaban J connectivity index is 2.32.